The van der Waals surface area contributed by atoms with Crippen molar-refractivity contribution in [2.45, 2.75) is 63.6 Å². The molecule has 3 N–H and O–H groups in total. The van der Waals surface area contributed by atoms with Crippen LogP contribution in [0.2, 0.25) is 0 Å². The molecule has 0 aromatic heterocycles. The van der Waals surface area contributed by atoms with Gasteiger partial charge in [0.1, 0.15) is 12.4 Å². The zero-order valence-electron chi connectivity index (χ0n) is 17.2. The Bertz CT molecular complexity index is 770. The lowest BCUT2D eigenvalue weighted by Crippen LogP contribution is -2.27. The van der Waals surface area contributed by atoms with Crippen molar-refractivity contribution in [3.05, 3.63) is 29.8 Å². The molecule has 0 bridgehead atoms. The van der Waals surface area contributed by atoms with Gasteiger partial charge in [0.2, 0.25) is 10.0 Å². The summed E-state index contributed by atoms with van der Waals surface area (Å²) in [4.78, 5) is 10.4. The van der Waals surface area contributed by atoms with Gasteiger partial charge in [-0.05, 0) is 50.3 Å². The first-order valence-corrected chi connectivity index (χ1v) is 11.8. The standard InChI is InChI=1S/C20H30F3NO6S/c21-20(22,23)16-8-7-10-18(14-16)30-15-17(25)9-4-6-13-31(28,29)24-12-5-2-1-3-11-19(26)27/h7-8,10,14,17,24-25H,1-6,9,11-13,15H2,(H,26,27). The molecule has 0 fully saturated rings. The number of aliphatic hydroxyl groups excluding tert-OH is 1. The molecule has 0 amide bonds. The van der Waals surface area contributed by atoms with Crippen LogP contribution in [-0.4, -0.2) is 49.6 Å². The molecule has 11 heteroatoms. The van der Waals surface area contributed by atoms with E-state index in [1.165, 1.54) is 12.1 Å². The largest absolute Gasteiger partial charge is 0.491 e. The number of aliphatic carboxylic acids is 1. The van der Waals surface area contributed by atoms with Crippen molar-refractivity contribution in [1.29, 1.82) is 0 Å². The zero-order chi connectivity index (χ0) is 23.3. The molecule has 0 saturated carbocycles. The SMILES string of the molecule is O=C(O)CCCCCCNS(=O)(=O)CCCCC(O)COc1cccc(C(F)(F)F)c1. The van der Waals surface area contributed by atoms with Gasteiger partial charge in [-0.25, -0.2) is 13.1 Å². The van der Waals surface area contributed by atoms with Gasteiger partial charge in [0.05, 0.1) is 17.4 Å². The minimum Gasteiger partial charge on any atom is -0.491 e. The summed E-state index contributed by atoms with van der Waals surface area (Å²) < 4.78 is 69.5. The summed E-state index contributed by atoms with van der Waals surface area (Å²) >= 11 is 0. The predicted molar refractivity (Wildman–Crippen MR) is 109 cm³/mol. The Labute approximate surface area is 180 Å². The third kappa shape index (κ3) is 13.2. The van der Waals surface area contributed by atoms with Crippen LogP contribution in [0.3, 0.4) is 0 Å². The maximum atomic E-state index is 12.7. The molecular weight excluding hydrogens is 439 g/mol. The van der Waals surface area contributed by atoms with E-state index in [0.29, 0.717) is 32.2 Å². The Hall–Kier alpha value is -1.85. The lowest BCUT2D eigenvalue weighted by Gasteiger charge is -2.14. The molecule has 0 aliphatic rings. The van der Waals surface area contributed by atoms with Gasteiger partial charge < -0.3 is 14.9 Å². The summed E-state index contributed by atoms with van der Waals surface area (Å²) in [5.74, 6) is -0.926. The van der Waals surface area contributed by atoms with Crippen molar-refractivity contribution in [3.63, 3.8) is 0 Å². The maximum absolute atomic E-state index is 12.7. The van der Waals surface area contributed by atoms with E-state index in [1.54, 1.807) is 0 Å². The van der Waals surface area contributed by atoms with Crippen molar-refractivity contribution in [2.24, 2.45) is 0 Å². The van der Waals surface area contributed by atoms with Gasteiger partial charge in [-0.15, -0.1) is 0 Å². The molecule has 1 aromatic carbocycles. The molecule has 0 saturated heterocycles. The van der Waals surface area contributed by atoms with Gasteiger partial charge in [0.25, 0.3) is 0 Å². The third-order valence-electron chi connectivity index (χ3n) is 4.44. The molecule has 0 aliphatic heterocycles. The smallest absolute Gasteiger partial charge is 0.416 e. The number of benzene rings is 1. The summed E-state index contributed by atoms with van der Waals surface area (Å²) in [6, 6.07) is 4.37. The fourth-order valence-electron chi connectivity index (χ4n) is 2.76. The molecule has 7 nitrogen and oxygen atoms in total. The van der Waals surface area contributed by atoms with Crippen LogP contribution >= 0.6 is 0 Å². The van der Waals surface area contributed by atoms with E-state index in [4.69, 9.17) is 9.84 Å². The second kappa shape index (κ2) is 13.5. The molecular formula is C20H30F3NO6S. The summed E-state index contributed by atoms with van der Waals surface area (Å²) in [6.45, 7) is 0.108. The Morgan fingerprint density at radius 1 is 1.10 bits per heavy atom. The van der Waals surface area contributed by atoms with Gasteiger partial charge in [-0.3, -0.25) is 4.79 Å². The van der Waals surface area contributed by atoms with E-state index in [2.05, 4.69) is 4.72 Å². The number of ether oxygens (including phenoxy) is 1. The van der Waals surface area contributed by atoms with Gasteiger partial charge >= 0.3 is 12.1 Å². The number of sulfonamides is 1. The molecule has 1 unspecified atom stereocenters. The van der Waals surface area contributed by atoms with E-state index in [9.17, 15) is 31.5 Å². The van der Waals surface area contributed by atoms with Crippen LogP contribution in [0.25, 0.3) is 0 Å². The van der Waals surface area contributed by atoms with Gasteiger partial charge in [-0.1, -0.05) is 18.9 Å². The number of unbranched alkanes of at least 4 members (excludes halogenated alkanes) is 4. The van der Waals surface area contributed by atoms with Gasteiger partial charge in [0, 0.05) is 13.0 Å². The molecule has 0 heterocycles. The fraction of sp³-hybridized carbons (Fsp3) is 0.650. The second-order valence-electron chi connectivity index (χ2n) is 7.26. The number of carbonyl (C=O) groups is 1. The van der Waals surface area contributed by atoms with Crippen molar-refractivity contribution >= 4 is 16.0 Å². The average molecular weight is 470 g/mol. The van der Waals surface area contributed by atoms with Crippen LogP contribution in [-0.2, 0) is 21.0 Å². The second-order valence-corrected chi connectivity index (χ2v) is 9.18. The first-order valence-electron chi connectivity index (χ1n) is 10.2. The first-order chi connectivity index (χ1) is 14.5. The Morgan fingerprint density at radius 3 is 2.48 bits per heavy atom. The molecule has 0 spiro atoms. The van der Waals surface area contributed by atoms with Gasteiger partial charge in [0.15, 0.2) is 0 Å². The number of carboxylic acid groups (broad SMARTS) is 1. The van der Waals surface area contributed by atoms with Crippen LogP contribution in [0.15, 0.2) is 24.3 Å². The quantitative estimate of drug-likeness (QED) is 0.319. The normalized spacial score (nSPS) is 13.2. The average Bonchev–Trinajstić information content (AvgIpc) is 2.68. The number of nitrogens with one attached hydrogen (secondary N) is 1. The Kier molecular flexibility index (Phi) is 11.9. The summed E-state index contributed by atoms with van der Waals surface area (Å²) in [7, 11) is -3.42. The summed E-state index contributed by atoms with van der Waals surface area (Å²) in [5, 5.41) is 18.4. The first kappa shape index (κ1) is 27.2. The Balaban J connectivity index is 2.16. The van der Waals surface area contributed by atoms with Crippen LogP contribution in [0, 0.1) is 0 Å². The predicted octanol–water partition coefficient (Wildman–Crippen LogP) is 3.57. The van der Waals surface area contributed by atoms with E-state index in [1.807, 2.05) is 0 Å². The number of rotatable bonds is 16. The zero-order valence-corrected chi connectivity index (χ0v) is 18.1. The number of alkyl halides is 3. The van der Waals surface area contributed by atoms with Crippen LogP contribution in [0.5, 0.6) is 5.75 Å². The van der Waals surface area contributed by atoms with E-state index < -0.39 is 33.8 Å². The van der Waals surface area contributed by atoms with Crippen LogP contribution in [0.1, 0.15) is 56.9 Å². The number of halogens is 3. The molecule has 0 radical (unpaired) electrons. The molecule has 1 rings (SSSR count). The summed E-state index contributed by atoms with van der Waals surface area (Å²) in [6.07, 6.45) is -1.60. The number of carboxylic acids is 1. The number of hydrogen-bond donors (Lipinski definition) is 3. The van der Waals surface area contributed by atoms with Crippen LogP contribution in [0.4, 0.5) is 13.2 Å². The number of aliphatic hydroxyl groups is 1. The Morgan fingerprint density at radius 2 is 1.81 bits per heavy atom. The fourth-order valence-corrected chi connectivity index (χ4v) is 3.95. The molecule has 1 atom stereocenters. The van der Waals surface area contributed by atoms with Crippen molar-refractivity contribution in [2.75, 3.05) is 18.9 Å². The highest BCUT2D eigenvalue weighted by molar-refractivity contribution is 7.89. The monoisotopic (exact) mass is 469 g/mol. The third-order valence-corrected chi connectivity index (χ3v) is 5.91. The number of hydrogen-bond acceptors (Lipinski definition) is 5. The minimum atomic E-state index is -4.47. The summed E-state index contributed by atoms with van der Waals surface area (Å²) in [5.41, 5.74) is -0.836. The van der Waals surface area contributed by atoms with E-state index >= 15 is 0 Å². The minimum absolute atomic E-state index is 0.00335. The van der Waals surface area contributed by atoms with Crippen molar-refractivity contribution < 1.29 is 41.3 Å². The lowest BCUT2D eigenvalue weighted by atomic mass is 10.1. The molecule has 1 aromatic rings. The highest BCUT2D eigenvalue weighted by Gasteiger charge is 2.30. The molecule has 0 aliphatic carbocycles. The van der Waals surface area contributed by atoms with Crippen LogP contribution < -0.4 is 9.46 Å². The van der Waals surface area contributed by atoms with Crippen molar-refractivity contribution in [1.82, 2.24) is 4.72 Å². The highest BCUT2D eigenvalue weighted by Crippen LogP contribution is 2.31. The lowest BCUT2D eigenvalue weighted by molar-refractivity contribution is -0.138. The maximum Gasteiger partial charge on any atom is 0.416 e. The van der Waals surface area contributed by atoms with E-state index in [-0.39, 0.29) is 31.0 Å². The van der Waals surface area contributed by atoms with E-state index in [0.717, 1.165) is 25.0 Å². The van der Waals surface area contributed by atoms with Crippen molar-refractivity contribution in [3.8, 4) is 5.75 Å². The van der Waals surface area contributed by atoms with Gasteiger partial charge in [-0.2, -0.15) is 13.2 Å². The topological polar surface area (TPSA) is 113 Å². The molecule has 31 heavy (non-hydrogen) atoms. The highest BCUT2D eigenvalue weighted by atomic mass is 32.2. The molecule has 178 valence electrons.